The summed E-state index contributed by atoms with van der Waals surface area (Å²) in [7, 11) is 0. The molecule has 3 nitrogen and oxygen atoms in total. The fourth-order valence-corrected chi connectivity index (χ4v) is 1.92. The smallest absolute Gasteiger partial charge is 0.305 e. The van der Waals surface area contributed by atoms with E-state index in [2.05, 4.69) is 0 Å². The van der Waals surface area contributed by atoms with Crippen LogP contribution in [0.15, 0.2) is 48.5 Å². The van der Waals surface area contributed by atoms with Gasteiger partial charge in [0.2, 0.25) is 0 Å². The molecule has 0 spiro atoms. The Morgan fingerprint density at radius 3 is 2.04 bits per heavy atom. The number of hydrogen-bond donors (Lipinski definition) is 0. The lowest BCUT2D eigenvalue weighted by Crippen LogP contribution is -2.16. The van der Waals surface area contributed by atoms with Gasteiger partial charge >= 0.3 is 5.97 Å². The summed E-state index contributed by atoms with van der Waals surface area (Å²) in [5.74, 6) is -0.615. The van der Waals surface area contributed by atoms with Crippen molar-refractivity contribution in [2.45, 2.75) is 46.3 Å². The van der Waals surface area contributed by atoms with E-state index < -0.39 is 0 Å². The molecule has 0 aromatic heterocycles. The van der Waals surface area contributed by atoms with Crippen LogP contribution >= 0.6 is 0 Å². The summed E-state index contributed by atoms with van der Waals surface area (Å²) in [5.41, 5.74) is 2.01. The average Bonchev–Trinajstić information content (AvgIpc) is 2.63. The van der Waals surface area contributed by atoms with Crippen LogP contribution in [0.25, 0.3) is 0 Å². The first-order valence-electron chi connectivity index (χ1n) is 8.64. The Bertz CT molecular complexity index is 618. The van der Waals surface area contributed by atoms with Gasteiger partial charge in [0.15, 0.2) is 0 Å². The molecule has 2 aromatic carbocycles. The average molecular weight is 364 g/mol. The van der Waals surface area contributed by atoms with Gasteiger partial charge < -0.3 is 9.47 Å². The van der Waals surface area contributed by atoms with Crippen molar-refractivity contribution in [1.82, 2.24) is 0 Å². The minimum atomic E-state index is -0.251. The van der Waals surface area contributed by atoms with Crippen molar-refractivity contribution in [3.05, 3.63) is 71.3 Å². The Morgan fingerprint density at radius 1 is 1.00 bits per heavy atom. The fraction of sp³-hybridized carbons (Fsp3) is 0.381. The van der Waals surface area contributed by atoms with E-state index in [-0.39, 0.29) is 23.7 Å². The third-order valence-corrected chi connectivity index (χ3v) is 3.48. The standard InChI is InChI=1S/C14H19FO3.C7H7F/c1-3-14(16)18-11(2)8-9-17-10-12-4-6-13(15)7-5-12;1-6-2-4-7(8)5-3-6/h4-7,11H,3,8-10H2,1-2H3;2-5H,1H3. The van der Waals surface area contributed by atoms with Crippen molar-refractivity contribution in [1.29, 1.82) is 0 Å². The molecular formula is C21H26F2O3. The highest BCUT2D eigenvalue weighted by molar-refractivity contribution is 5.69. The van der Waals surface area contributed by atoms with Gasteiger partial charge in [-0.05, 0) is 43.7 Å². The second-order valence-corrected chi connectivity index (χ2v) is 5.92. The quantitative estimate of drug-likeness (QED) is 0.500. The van der Waals surface area contributed by atoms with Crippen LogP contribution in [0.2, 0.25) is 0 Å². The molecule has 0 fully saturated rings. The summed E-state index contributed by atoms with van der Waals surface area (Å²) in [6, 6.07) is 12.6. The summed E-state index contributed by atoms with van der Waals surface area (Å²) in [5, 5.41) is 0. The van der Waals surface area contributed by atoms with Crippen LogP contribution in [0.5, 0.6) is 0 Å². The number of ether oxygens (including phenoxy) is 2. The molecule has 2 aromatic rings. The lowest BCUT2D eigenvalue weighted by molar-refractivity contribution is -0.148. The van der Waals surface area contributed by atoms with E-state index in [0.29, 0.717) is 26.1 Å². The molecular weight excluding hydrogens is 338 g/mol. The summed E-state index contributed by atoms with van der Waals surface area (Å²) >= 11 is 0. The molecule has 0 aliphatic carbocycles. The molecule has 0 saturated heterocycles. The summed E-state index contributed by atoms with van der Waals surface area (Å²) in [4.78, 5) is 11.0. The molecule has 2 rings (SSSR count). The summed E-state index contributed by atoms with van der Waals surface area (Å²) in [6.07, 6.45) is 0.916. The molecule has 0 radical (unpaired) electrons. The molecule has 142 valence electrons. The highest BCUT2D eigenvalue weighted by Crippen LogP contribution is 2.06. The number of rotatable bonds is 7. The summed E-state index contributed by atoms with van der Waals surface area (Å²) in [6.45, 7) is 6.48. The molecule has 26 heavy (non-hydrogen) atoms. The van der Waals surface area contributed by atoms with Gasteiger partial charge in [-0.2, -0.15) is 0 Å². The normalized spacial score (nSPS) is 11.3. The van der Waals surface area contributed by atoms with E-state index in [9.17, 15) is 13.6 Å². The van der Waals surface area contributed by atoms with Crippen LogP contribution in [-0.2, 0) is 20.9 Å². The predicted molar refractivity (Wildman–Crippen MR) is 97.7 cm³/mol. The second kappa shape index (κ2) is 12.1. The van der Waals surface area contributed by atoms with Crippen molar-refractivity contribution >= 4 is 5.97 Å². The first kappa shape index (κ1) is 21.8. The lowest BCUT2D eigenvalue weighted by Gasteiger charge is -2.12. The zero-order valence-corrected chi connectivity index (χ0v) is 15.5. The van der Waals surface area contributed by atoms with E-state index in [1.807, 2.05) is 13.8 Å². The molecule has 1 atom stereocenters. The predicted octanol–water partition coefficient (Wildman–Crippen LogP) is 5.21. The third kappa shape index (κ3) is 9.89. The second-order valence-electron chi connectivity index (χ2n) is 5.92. The molecule has 0 bridgehead atoms. The van der Waals surface area contributed by atoms with Gasteiger partial charge in [0.1, 0.15) is 17.7 Å². The molecule has 5 heteroatoms. The Labute approximate surface area is 153 Å². The van der Waals surface area contributed by atoms with Crippen molar-refractivity contribution in [2.24, 2.45) is 0 Å². The van der Waals surface area contributed by atoms with E-state index in [0.717, 1.165) is 11.1 Å². The van der Waals surface area contributed by atoms with E-state index in [1.165, 1.54) is 24.3 Å². The van der Waals surface area contributed by atoms with Crippen LogP contribution in [0.1, 0.15) is 37.8 Å². The van der Waals surface area contributed by atoms with Gasteiger partial charge in [0.25, 0.3) is 0 Å². The van der Waals surface area contributed by atoms with Crippen LogP contribution in [-0.4, -0.2) is 18.7 Å². The Kier molecular flexibility index (Phi) is 10.2. The molecule has 1 unspecified atom stereocenters. The topological polar surface area (TPSA) is 35.5 Å². The van der Waals surface area contributed by atoms with Gasteiger partial charge in [-0.25, -0.2) is 8.78 Å². The Hall–Kier alpha value is -2.27. The number of carbonyl (C=O) groups is 1. The fourth-order valence-electron chi connectivity index (χ4n) is 1.92. The lowest BCUT2D eigenvalue weighted by atomic mass is 10.2. The SMILES string of the molecule is CCC(=O)OC(C)CCOCc1ccc(F)cc1.Cc1ccc(F)cc1. The first-order valence-corrected chi connectivity index (χ1v) is 8.64. The van der Waals surface area contributed by atoms with Gasteiger partial charge in [0.05, 0.1) is 13.2 Å². The minimum Gasteiger partial charge on any atom is -0.463 e. The number of esters is 1. The maximum Gasteiger partial charge on any atom is 0.305 e. The number of hydrogen-bond acceptors (Lipinski definition) is 3. The highest BCUT2D eigenvalue weighted by Gasteiger charge is 2.07. The highest BCUT2D eigenvalue weighted by atomic mass is 19.1. The van der Waals surface area contributed by atoms with Crippen LogP contribution in [0.3, 0.4) is 0 Å². The van der Waals surface area contributed by atoms with Crippen molar-refractivity contribution in [2.75, 3.05) is 6.61 Å². The minimum absolute atomic E-state index is 0.134. The van der Waals surface area contributed by atoms with E-state index >= 15 is 0 Å². The molecule has 0 saturated carbocycles. The Balaban J connectivity index is 0.000000350. The molecule has 0 N–H and O–H groups in total. The zero-order chi connectivity index (χ0) is 19.4. The first-order chi connectivity index (χ1) is 12.4. The van der Waals surface area contributed by atoms with Gasteiger partial charge in [-0.1, -0.05) is 36.8 Å². The maximum absolute atomic E-state index is 12.6. The molecule has 0 heterocycles. The van der Waals surface area contributed by atoms with Crippen molar-refractivity contribution in [3.8, 4) is 0 Å². The largest absolute Gasteiger partial charge is 0.463 e. The summed E-state index contributed by atoms with van der Waals surface area (Å²) < 4.78 is 35.3. The zero-order valence-electron chi connectivity index (χ0n) is 15.5. The number of halogens is 2. The molecule has 0 aliphatic heterocycles. The van der Waals surface area contributed by atoms with Crippen molar-refractivity contribution < 1.29 is 23.0 Å². The number of benzene rings is 2. The van der Waals surface area contributed by atoms with E-state index in [4.69, 9.17) is 9.47 Å². The number of carbonyl (C=O) groups excluding carboxylic acids is 1. The number of aryl methyl sites for hydroxylation is 1. The van der Waals surface area contributed by atoms with Gasteiger partial charge in [-0.15, -0.1) is 0 Å². The van der Waals surface area contributed by atoms with Crippen LogP contribution in [0.4, 0.5) is 8.78 Å². The third-order valence-electron chi connectivity index (χ3n) is 3.48. The van der Waals surface area contributed by atoms with Gasteiger partial charge in [0, 0.05) is 12.8 Å². The monoisotopic (exact) mass is 364 g/mol. The van der Waals surface area contributed by atoms with Crippen molar-refractivity contribution in [3.63, 3.8) is 0 Å². The molecule has 0 amide bonds. The maximum atomic E-state index is 12.6. The van der Waals surface area contributed by atoms with Crippen LogP contribution < -0.4 is 0 Å². The van der Waals surface area contributed by atoms with Crippen LogP contribution in [0, 0.1) is 18.6 Å². The molecule has 0 aliphatic rings. The Morgan fingerprint density at radius 2 is 1.54 bits per heavy atom. The van der Waals surface area contributed by atoms with Gasteiger partial charge in [-0.3, -0.25) is 4.79 Å². The van der Waals surface area contributed by atoms with E-state index in [1.54, 1.807) is 31.2 Å².